The van der Waals surface area contributed by atoms with Crippen LogP contribution in [0.15, 0.2) is 18.5 Å². The number of rotatable bonds is 2. The molecule has 2 N–H and O–H groups in total. The molecule has 0 aliphatic rings. The highest BCUT2D eigenvalue weighted by atomic mass is 19.4. The van der Waals surface area contributed by atoms with Crippen LogP contribution in [-0.2, 0) is 4.79 Å². The Bertz CT molecular complexity index is 558. The lowest BCUT2D eigenvalue weighted by atomic mass is 10.2. The number of carbonyl (C=O) groups excluding carboxylic acids is 1. The fourth-order valence-electron chi connectivity index (χ4n) is 0.996. The standard InChI is InChI=1S/C11H7F3N2O3/c12-11(13,14)10(19)16-3-1-2-7-4-8(9(17)18)6-15-5-7/h4-6H,3H2,(H,16,19)(H,17,18). The number of halogens is 3. The van der Waals surface area contributed by atoms with Gasteiger partial charge in [0.05, 0.1) is 12.1 Å². The van der Waals surface area contributed by atoms with E-state index in [9.17, 15) is 22.8 Å². The van der Waals surface area contributed by atoms with Crippen LogP contribution in [0.3, 0.4) is 0 Å². The van der Waals surface area contributed by atoms with Gasteiger partial charge in [0.25, 0.3) is 0 Å². The van der Waals surface area contributed by atoms with Gasteiger partial charge in [-0.3, -0.25) is 9.78 Å². The molecule has 0 atom stereocenters. The predicted octanol–water partition coefficient (Wildman–Crippen LogP) is 0.810. The molecule has 0 saturated carbocycles. The van der Waals surface area contributed by atoms with Gasteiger partial charge in [-0.1, -0.05) is 11.8 Å². The third-order valence-corrected chi connectivity index (χ3v) is 1.81. The van der Waals surface area contributed by atoms with E-state index in [1.807, 2.05) is 0 Å². The number of hydrogen-bond acceptors (Lipinski definition) is 3. The van der Waals surface area contributed by atoms with Crippen LogP contribution in [0.5, 0.6) is 0 Å². The molecule has 0 saturated heterocycles. The molecule has 1 aromatic rings. The van der Waals surface area contributed by atoms with E-state index in [2.05, 4.69) is 16.8 Å². The minimum absolute atomic E-state index is 0.0915. The second kappa shape index (κ2) is 5.86. The van der Waals surface area contributed by atoms with E-state index < -0.39 is 24.6 Å². The van der Waals surface area contributed by atoms with Gasteiger partial charge in [-0.05, 0) is 6.07 Å². The van der Waals surface area contributed by atoms with Crippen LogP contribution >= 0.6 is 0 Å². The summed E-state index contributed by atoms with van der Waals surface area (Å²) in [6, 6.07) is 1.22. The highest BCUT2D eigenvalue weighted by Crippen LogP contribution is 2.13. The highest BCUT2D eigenvalue weighted by Gasteiger charge is 2.38. The lowest BCUT2D eigenvalue weighted by Crippen LogP contribution is -2.36. The van der Waals surface area contributed by atoms with Gasteiger partial charge in [-0.25, -0.2) is 4.79 Å². The Morgan fingerprint density at radius 3 is 2.63 bits per heavy atom. The van der Waals surface area contributed by atoms with Gasteiger partial charge < -0.3 is 10.4 Å². The number of carboxylic acids is 1. The number of pyridine rings is 1. The zero-order valence-corrected chi connectivity index (χ0v) is 9.28. The third kappa shape index (κ3) is 4.67. The first-order chi connectivity index (χ1) is 8.80. The molecule has 0 radical (unpaired) electrons. The summed E-state index contributed by atoms with van der Waals surface area (Å²) in [7, 11) is 0. The molecule has 0 aliphatic heterocycles. The molecule has 8 heteroatoms. The van der Waals surface area contributed by atoms with Crippen molar-refractivity contribution in [3.05, 3.63) is 29.6 Å². The molecule has 0 aromatic carbocycles. The lowest BCUT2D eigenvalue weighted by molar-refractivity contribution is -0.173. The number of nitrogens with one attached hydrogen (secondary N) is 1. The molecule has 0 fully saturated rings. The van der Waals surface area contributed by atoms with Crippen molar-refractivity contribution in [3.63, 3.8) is 0 Å². The fourth-order valence-corrected chi connectivity index (χ4v) is 0.996. The number of aromatic nitrogens is 1. The SMILES string of the molecule is O=C(O)c1cncc(C#CCNC(=O)C(F)(F)F)c1. The Hall–Kier alpha value is -2.56. The molecule has 5 nitrogen and oxygen atoms in total. The molecular formula is C11H7F3N2O3. The summed E-state index contributed by atoms with van der Waals surface area (Å²) < 4.78 is 35.4. The summed E-state index contributed by atoms with van der Waals surface area (Å²) in [4.78, 5) is 24.6. The summed E-state index contributed by atoms with van der Waals surface area (Å²) in [6.07, 6.45) is -2.59. The minimum atomic E-state index is -4.95. The summed E-state index contributed by atoms with van der Waals surface area (Å²) in [6.45, 7) is -0.504. The van der Waals surface area contributed by atoms with Crippen molar-refractivity contribution < 1.29 is 27.9 Å². The number of carboxylic acid groups (broad SMARTS) is 1. The highest BCUT2D eigenvalue weighted by molar-refractivity contribution is 5.87. The molecule has 1 heterocycles. The molecule has 1 rings (SSSR count). The van der Waals surface area contributed by atoms with E-state index in [4.69, 9.17) is 5.11 Å². The fraction of sp³-hybridized carbons (Fsp3) is 0.182. The van der Waals surface area contributed by atoms with Crippen LogP contribution in [0, 0.1) is 11.8 Å². The first-order valence-electron chi connectivity index (χ1n) is 4.83. The van der Waals surface area contributed by atoms with Crippen molar-refractivity contribution in [2.75, 3.05) is 6.54 Å². The van der Waals surface area contributed by atoms with Crippen LogP contribution in [0.25, 0.3) is 0 Å². The van der Waals surface area contributed by atoms with Crippen molar-refractivity contribution in [1.29, 1.82) is 0 Å². The summed E-state index contributed by atoms with van der Waals surface area (Å²) in [5.41, 5.74) is 0.132. The van der Waals surface area contributed by atoms with Gasteiger partial charge in [0.2, 0.25) is 0 Å². The van der Waals surface area contributed by atoms with E-state index in [1.165, 1.54) is 12.3 Å². The Balaban J connectivity index is 2.62. The Kier molecular flexibility index (Phi) is 4.47. The maximum atomic E-state index is 11.8. The smallest absolute Gasteiger partial charge is 0.471 e. The van der Waals surface area contributed by atoms with Crippen molar-refractivity contribution in [2.45, 2.75) is 6.18 Å². The quantitative estimate of drug-likeness (QED) is 0.781. The number of alkyl halides is 3. The van der Waals surface area contributed by atoms with E-state index >= 15 is 0 Å². The predicted molar refractivity (Wildman–Crippen MR) is 57.1 cm³/mol. The first-order valence-corrected chi connectivity index (χ1v) is 4.83. The molecule has 1 aromatic heterocycles. The van der Waals surface area contributed by atoms with E-state index in [-0.39, 0.29) is 11.1 Å². The monoisotopic (exact) mass is 272 g/mol. The molecule has 19 heavy (non-hydrogen) atoms. The zero-order chi connectivity index (χ0) is 14.5. The minimum Gasteiger partial charge on any atom is -0.478 e. The van der Waals surface area contributed by atoms with Crippen LogP contribution < -0.4 is 5.32 Å². The maximum Gasteiger partial charge on any atom is 0.471 e. The Morgan fingerprint density at radius 1 is 1.37 bits per heavy atom. The average Bonchev–Trinajstić information content (AvgIpc) is 2.33. The molecule has 0 unspecified atom stereocenters. The van der Waals surface area contributed by atoms with Crippen LogP contribution in [0.1, 0.15) is 15.9 Å². The van der Waals surface area contributed by atoms with Crippen LogP contribution in [0.2, 0.25) is 0 Å². The van der Waals surface area contributed by atoms with Crippen molar-refractivity contribution >= 4 is 11.9 Å². The molecular weight excluding hydrogens is 265 g/mol. The Labute approximate surface area is 105 Å². The van der Waals surface area contributed by atoms with Gasteiger partial charge in [0.15, 0.2) is 0 Å². The van der Waals surface area contributed by atoms with Crippen molar-refractivity contribution in [2.24, 2.45) is 0 Å². The topological polar surface area (TPSA) is 79.3 Å². The first kappa shape index (κ1) is 14.5. The molecule has 100 valence electrons. The molecule has 0 aliphatic carbocycles. The molecule has 0 spiro atoms. The number of hydrogen-bond donors (Lipinski definition) is 2. The van der Waals surface area contributed by atoms with Crippen LogP contribution in [-0.4, -0.2) is 34.7 Å². The number of amides is 1. The van der Waals surface area contributed by atoms with Gasteiger partial charge >= 0.3 is 18.1 Å². The zero-order valence-electron chi connectivity index (χ0n) is 9.28. The lowest BCUT2D eigenvalue weighted by Gasteiger charge is -2.03. The maximum absolute atomic E-state index is 11.8. The Morgan fingerprint density at radius 2 is 2.05 bits per heavy atom. The largest absolute Gasteiger partial charge is 0.478 e. The van der Waals surface area contributed by atoms with Crippen molar-refractivity contribution in [3.8, 4) is 11.8 Å². The number of aromatic carboxylic acids is 1. The molecule has 0 bridgehead atoms. The second-order valence-corrected chi connectivity index (χ2v) is 3.25. The van der Waals surface area contributed by atoms with Crippen molar-refractivity contribution in [1.82, 2.24) is 10.3 Å². The molecule has 1 amide bonds. The average molecular weight is 272 g/mol. The van der Waals surface area contributed by atoms with Crippen LogP contribution in [0.4, 0.5) is 13.2 Å². The van der Waals surface area contributed by atoms with Gasteiger partial charge in [-0.2, -0.15) is 13.2 Å². The van der Waals surface area contributed by atoms with Gasteiger partial charge in [0, 0.05) is 18.0 Å². The number of nitrogens with zero attached hydrogens (tertiary/aromatic N) is 1. The summed E-state index contributed by atoms with van der Waals surface area (Å²) in [5.74, 6) is 1.37. The second-order valence-electron chi connectivity index (χ2n) is 3.25. The third-order valence-electron chi connectivity index (χ3n) is 1.81. The van der Waals surface area contributed by atoms with Gasteiger partial charge in [0.1, 0.15) is 0 Å². The number of carbonyl (C=O) groups is 2. The van der Waals surface area contributed by atoms with E-state index in [0.717, 1.165) is 6.20 Å². The van der Waals surface area contributed by atoms with E-state index in [1.54, 1.807) is 5.32 Å². The normalized spacial score (nSPS) is 10.3. The van der Waals surface area contributed by atoms with E-state index in [0.29, 0.717) is 0 Å². The summed E-state index contributed by atoms with van der Waals surface area (Å²) >= 11 is 0. The summed E-state index contributed by atoms with van der Waals surface area (Å²) in [5, 5.41) is 10.2. The van der Waals surface area contributed by atoms with Gasteiger partial charge in [-0.15, -0.1) is 0 Å².